The van der Waals surface area contributed by atoms with E-state index in [0.717, 1.165) is 45.2 Å². The van der Waals surface area contributed by atoms with E-state index in [1.54, 1.807) is 12.3 Å². The number of carbonyl (C=O) groups excluding carboxylic acids is 2. The van der Waals surface area contributed by atoms with E-state index in [-0.39, 0.29) is 12.4 Å². The Hall–Kier alpha value is -2.90. The largest absolute Gasteiger partial charge is 0.310 e. The maximum Gasteiger partial charge on any atom is 0.310 e. The Bertz CT molecular complexity index is 1090. The molecule has 0 aromatic heterocycles. The molecular weight excluding hydrogens is 405 g/mol. The Morgan fingerprint density at radius 2 is 1.83 bits per heavy atom. The highest BCUT2D eigenvalue weighted by atomic mass is 32.2. The minimum atomic E-state index is -1.04. The first-order valence-corrected chi connectivity index (χ1v) is 10.9. The van der Waals surface area contributed by atoms with Gasteiger partial charge in [-0.1, -0.05) is 18.2 Å². The summed E-state index contributed by atoms with van der Waals surface area (Å²) in [5, 5.41) is 0. The fourth-order valence-corrected chi connectivity index (χ4v) is 3.86. The molecular formula is C23H22FNO4S. The first-order valence-electron chi connectivity index (χ1n) is 9.36. The van der Waals surface area contributed by atoms with Crippen molar-refractivity contribution in [1.29, 1.82) is 0 Å². The van der Waals surface area contributed by atoms with Gasteiger partial charge in [0.1, 0.15) is 5.82 Å². The van der Waals surface area contributed by atoms with Crippen LogP contribution in [-0.4, -0.2) is 28.8 Å². The molecule has 0 saturated carbocycles. The summed E-state index contributed by atoms with van der Waals surface area (Å²) in [6.45, 7) is 3.26. The number of hydrogen-bond donors (Lipinski definition) is 1. The standard InChI is InChI=1S/C23H22FNO4S/c1-14-19(10-11-29-25-23(27)15(2)26)22-13-17(24)6-9-20(22)21(14)12-16-4-7-18(8-5-16)30(3)28/h4-9,12-13H,10-11H2,1-3H3,(H,25,27)/b21-12-. The summed E-state index contributed by atoms with van der Waals surface area (Å²) < 4.78 is 25.5. The molecule has 1 N–H and O–H groups in total. The van der Waals surface area contributed by atoms with Crippen LogP contribution >= 0.6 is 0 Å². The van der Waals surface area contributed by atoms with Crippen molar-refractivity contribution >= 4 is 39.7 Å². The molecule has 1 aliphatic carbocycles. The zero-order valence-corrected chi connectivity index (χ0v) is 17.8. The second kappa shape index (κ2) is 9.28. The van der Waals surface area contributed by atoms with Crippen LogP contribution in [-0.2, 0) is 25.2 Å². The van der Waals surface area contributed by atoms with Gasteiger partial charge in [0.25, 0.3) is 0 Å². The average Bonchev–Trinajstić information content (AvgIpc) is 2.96. The van der Waals surface area contributed by atoms with Gasteiger partial charge in [-0.15, -0.1) is 0 Å². The number of ketones is 1. The first kappa shape index (κ1) is 21.8. The summed E-state index contributed by atoms with van der Waals surface area (Å²) in [4.78, 5) is 28.1. The predicted octanol–water partition coefficient (Wildman–Crippen LogP) is 3.92. The number of halogens is 1. The van der Waals surface area contributed by atoms with Crippen molar-refractivity contribution in [2.75, 3.05) is 12.9 Å². The van der Waals surface area contributed by atoms with Crippen molar-refractivity contribution in [2.24, 2.45) is 0 Å². The van der Waals surface area contributed by atoms with E-state index < -0.39 is 22.5 Å². The van der Waals surface area contributed by atoms with Gasteiger partial charge < -0.3 is 0 Å². The Morgan fingerprint density at radius 1 is 1.13 bits per heavy atom. The molecule has 0 saturated heterocycles. The van der Waals surface area contributed by atoms with Crippen molar-refractivity contribution in [3.8, 4) is 0 Å². The van der Waals surface area contributed by atoms with Gasteiger partial charge in [0.2, 0.25) is 5.78 Å². The summed E-state index contributed by atoms with van der Waals surface area (Å²) in [7, 11) is -1.04. The van der Waals surface area contributed by atoms with Crippen LogP contribution in [0.15, 0.2) is 52.9 Å². The molecule has 0 radical (unpaired) electrons. The zero-order valence-electron chi connectivity index (χ0n) is 17.0. The predicted molar refractivity (Wildman–Crippen MR) is 115 cm³/mol. The van der Waals surface area contributed by atoms with E-state index in [2.05, 4.69) is 5.48 Å². The van der Waals surface area contributed by atoms with Crippen LogP contribution < -0.4 is 5.48 Å². The van der Waals surface area contributed by atoms with Gasteiger partial charge in [-0.25, -0.2) is 9.87 Å². The quantitative estimate of drug-likeness (QED) is 0.413. The van der Waals surface area contributed by atoms with Gasteiger partial charge >= 0.3 is 5.91 Å². The number of amides is 1. The number of nitrogens with one attached hydrogen (secondary N) is 1. The van der Waals surface area contributed by atoms with Crippen molar-refractivity contribution < 1.29 is 23.0 Å². The summed E-state index contributed by atoms with van der Waals surface area (Å²) in [5.41, 5.74) is 7.61. The van der Waals surface area contributed by atoms with Crippen LogP contribution in [0.25, 0.3) is 17.2 Å². The molecule has 7 heteroatoms. The van der Waals surface area contributed by atoms with E-state index in [4.69, 9.17) is 4.84 Å². The molecule has 2 aromatic rings. The number of hydroxylamine groups is 1. The monoisotopic (exact) mass is 427 g/mol. The highest BCUT2D eigenvalue weighted by molar-refractivity contribution is 7.84. The Morgan fingerprint density at radius 3 is 2.47 bits per heavy atom. The molecule has 0 fully saturated rings. The maximum atomic E-state index is 13.9. The lowest BCUT2D eigenvalue weighted by Crippen LogP contribution is -2.29. The molecule has 0 bridgehead atoms. The summed E-state index contributed by atoms with van der Waals surface area (Å²) in [6, 6.07) is 12.1. The van der Waals surface area contributed by atoms with Gasteiger partial charge in [0, 0.05) is 28.9 Å². The molecule has 0 aliphatic heterocycles. The zero-order chi connectivity index (χ0) is 21.8. The third kappa shape index (κ3) is 4.80. The first-order chi connectivity index (χ1) is 14.3. The number of benzene rings is 2. The third-order valence-electron chi connectivity index (χ3n) is 4.92. The van der Waals surface area contributed by atoms with Crippen LogP contribution in [0.2, 0.25) is 0 Å². The van der Waals surface area contributed by atoms with Crippen molar-refractivity contribution in [3.05, 3.63) is 70.5 Å². The average molecular weight is 427 g/mol. The van der Waals surface area contributed by atoms with Crippen LogP contribution in [0.1, 0.15) is 37.0 Å². The topological polar surface area (TPSA) is 72.5 Å². The van der Waals surface area contributed by atoms with E-state index in [1.165, 1.54) is 12.1 Å². The van der Waals surface area contributed by atoms with Gasteiger partial charge in [-0.2, -0.15) is 0 Å². The van der Waals surface area contributed by atoms with Gasteiger partial charge in [0.05, 0.1) is 6.61 Å². The molecule has 156 valence electrons. The molecule has 1 atom stereocenters. The minimum Gasteiger partial charge on any atom is -0.289 e. The Labute approximate surface area is 177 Å². The molecule has 5 nitrogen and oxygen atoms in total. The number of carbonyl (C=O) groups is 2. The maximum absolute atomic E-state index is 13.9. The number of allylic oxidation sites excluding steroid dienone is 2. The molecule has 0 spiro atoms. The van der Waals surface area contributed by atoms with Crippen molar-refractivity contribution in [2.45, 2.75) is 25.2 Å². The number of fused-ring (bicyclic) bond motifs is 1. The molecule has 1 aliphatic rings. The fourth-order valence-electron chi connectivity index (χ4n) is 3.34. The van der Waals surface area contributed by atoms with Crippen LogP contribution in [0.5, 0.6) is 0 Å². The Kier molecular flexibility index (Phi) is 6.74. The summed E-state index contributed by atoms with van der Waals surface area (Å²) >= 11 is 0. The van der Waals surface area contributed by atoms with E-state index in [0.29, 0.717) is 6.42 Å². The fraction of sp³-hybridized carbons (Fsp3) is 0.217. The number of hydrogen-bond acceptors (Lipinski definition) is 4. The third-order valence-corrected chi connectivity index (χ3v) is 5.85. The lowest BCUT2D eigenvalue weighted by Gasteiger charge is -2.07. The Balaban J connectivity index is 1.87. The molecule has 1 unspecified atom stereocenters. The van der Waals surface area contributed by atoms with Crippen LogP contribution in [0.4, 0.5) is 4.39 Å². The van der Waals surface area contributed by atoms with E-state index >= 15 is 0 Å². The van der Waals surface area contributed by atoms with E-state index in [9.17, 15) is 18.2 Å². The van der Waals surface area contributed by atoms with Crippen LogP contribution in [0.3, 0.4) is 0 Å². The second-order valence-electron chi connectivity index (χ2n) is 6.96. The van der Waals surface area contributed by atoms with Gasteiger partial charge in [0.15, 0.2) is 0 Å². The smallest absolute Gasteiger partial charge is 0.289 e. The van der Waals surface area contributed by atoms with Gasteiger partial charge in [-0.3, -0.25) is 18.6 Å². The lowest BCUT2D eigenvalue weighted by molar-refractivity contribution is -0.144. The lowest BCUT2D eigenvalue weighted by atomic mass is 10.0. The SMILES string of the molecule is CC(=O)C(=O)NOCCC1=C(C)/C(=C/c2ccc(S(C)=O)cc2)c2ccc(F)cc21. The highest BCUT2D eigenvalue weighted by Gasteiger charge is 2.24. The molecule has 1 amide bonds. The number of Topliss-reactive ketones (excluding diaryl/α,β-unsaturated/α-hetero) is 1. The van der Waals surface area contributed by atoms with Gasteiger partial charge in [-0.05, 0) is 77.1 Å². The molecule has 2 aromatic carbocycles. The minimum absolute atomic E-state index is 0.145. The molecule has 0 heterocycles. The highest BCUT2D eigenvalue weighted by Crippen LogP contribution is 2.43. The summed E-state index contributed by atoms with van der Waals surface area (Å²) in [6.07, 6.45) is 4.08. The second-order valence-corrected chi connectivity index (χ2v) is 8.34. The van der Waals surface area contributed by atoms with Crippen LogP contribution in [0, 0.1) is 5.82 Å². The molecule has 3 rings (SSSR count). The normalized spacial score (nSPS) is 15.3. The molecule has 30 heavy (non-hydrogen) atoms. The summed E-state index contributed by atoms with van der Waals surface area (Å²) in [5.74, 6) is -1.78. The van der Waals surface area contributed by atoms with E-state index in [1.807, 2.05) is 37.3 Å². The van der Waals surface area contributed by atoms with Crippen molar-refractivity contribution in [3.63, 3.8) is 0 Å². The number of rotatable bonds is 7. The van der Waals surface area contributed by atoms with Crippen molar-refractivity contribution in [1.82, 2.24) is 5.48 Å².